The van der Waals surface area contributed by atoms with Crippen molar-refractivity contribution in [3.63, 3.8) is 0 Å². The molecular formula is C7H10ClNO3. The Kier molecular flexibility index (Phi) is 2.92. The molecule has 0 saturated heterocycles. The molecule has 0 heterocycles. The maximum absolute atomic E-state index is 10.8. The zero-order valence-electron chi connectivity index (χ0n) is 6.42. The van der Waals surface area contributed by atoms with Crippen LogP contribution in [-0.4, -0.2) is 28.9 Å². The van der Waals surface area contributed by atoms with Crippen LogP contribution in [-0.2, 0) is 9.59 Å². The lowest BCUT2D eigenvalue weighted by Crippen LogP contribution is -2.42. The van der Waals surface area contributed by atoms with Gasteiger partial charge in [-0.15, -0.1) is 11.6 Å². The fourth-order valence-electron chi connectivity index (χ4n) is 1.02. The molecular weight excluding hydrogens is 182 g/mol. The van der Waals surface area contributed by atoms with Gasteiger partial charge in [0.05, 0.1) is 0 Å². The minimum absolute atomic E-state index is 0.106. The van der Waals surface area contributed by atoms with Crippen molar-refractivity contribution in [3.8, 4) is 0 Å². The van der Waals surface area contributed by atoms with E-state index in [4.69, 9.17) is 16.7 Å². The first-order chi connectivity index (χ1) is 5.65. The van der Waals surface area contributed by atoms with E-state index in [1.807, 2.05) is 0 Å². The van der Waals surface area contributed by atoms with Gasteiger partial charge in [0.15, 0.2) is 0 Å². The van der Waals surface area contributed by atoms with Gasteiger partial charge in [0.25, 0.3) is 0 Å². The molecule has 1 saturated carbocycles. The third kappa shape index (κ3) is 2.37. The van der Waals surface area contributed by atoms with Crippen LogP contribution in [0.3, 0.4) is 0 Å². The lowest BCUT2D eigenvalue weighted by molar-refractivity contribution is -0.142. The molecule has 2 N–H and O–H groups in total. The van der Waals surface area contributed by atoms with Crippen LogP contribution >= 0.6 is 11.6 Å². The van der Waals surface area contributed by atoms with Gasteiger partial charge in [-0.25, -0.2) is 4.79 Å². The fourth-order valence-corrected chi connectivity index (χ4v) is 1.10. The summed E-state index contributed by atoms with van der Waals surface area (Å²) in [5.41, 5.74) is 0. The van der Waals surface area contributed by atoms with Crippen LogP contribution in [0, 0.1) is 5.92 Å². The van der Waals surface area contributed by atoms with E-state index in [0.717, 1.165) is 12.8 Å². The van der Waals surface area contributed by atoms with Gasteiger partial charge in [0, 0.05) is 0 Å². The van der Waals surface area contributed by atoms with Gasteiger partial charge in [-0.3, -0.25) is 4.79 Å². The molecule has 5 heteroatoms. The summed E-state index contributed by atoms with van der Waals surface area (Å²) in [5.74, 6) is -1.47. The molecule has 0 aliphatic heterocycles. The molecule has 1 amide bonds. The van der Waals surface area contributed by atoms with Crippen LogP contribution in [0.1, 0.15) is 12.8 Å². The molecule has 1 atom stereocenters. The van der Waals surface area contributed by atoms with Gasteiger partial charge >= 0.3 is 5.97 Å². The molecule has 0 bridgehead atoms. The van der Waals surface area contributed by atoms with Crippen molar-refractivity contribution in [1.82, 2.24) is 5.32 Å². The third-order valence-corrected chi connectivity index (χ3v) is 2.04. The minimum atomic E-state index is -0.976. The number of rotatable bonds is 4. The minimum Gasteiger partial charge on any atom is -0.480 e. The number of halogens is 1. The van der Waals surface area contributed by atoms with Gasteiger partial charge < -0.3 is 10.4 Å². The summed E-state index contributed by atoms with van der Waals surface area (Å²) in [5, 5.41) is 11.0. The smallest absolute Gasteiger partial charge is 0.326 e. The molecule has 68 valence electrons. The van der Waals surface area contributed by atoms with Crippen molar-refractivity contribution >= 4 is 23.5 Å². The Balaban J connectivity index is 2.43. The van der Waals surface area contributed by atoms with E-state index in [9.17, 15) is 9.59 Å². The van der Waals surface area contributed by atoms with Gasteiger partial charge in [0.2, 0.25) is 5.91 Å². The van der Waals surface area contributed by atoms with Crippen LogP contribution in [0.15, 0.2) is 0 Å². The van der Waals surface area contributed by atoms with E-state index in [-0.39, 0.29) is 11.8 Å². The number of carboxylic acid groups (broad SMARTS) is 1. The summed E-state index contributed by atoms with van der Waals surface area (Å²) in [6.07, 6.45) is 1.75. The zero-order chi connectivity index (χ0) is 9.14. The van der Waals surface area contributed by atoms with Crippen LogP contribution in [0.25, 0.3) is 0 Å². The highest BCUT2D eigenvalue weighted by Crippen LogP contribution is 2.32. The Morgan fingerprint density at radius 3 is 2.50 bits per heavy atom. The SMILES string of the molecule is O=C(CCl)NC(C(=O)O)C1CC1. The fraction of sp³-hybridized carbons (Fsp3) is 0.714. The average Bonchev–Trinajstić information content (AvgIpc) is 2.81. The first kappa shape index (κ1) is 9.32. The molecule has 1 aliphatic rings. The molecule has 0 spiro atoms. The normalized spacial score (nSPS) is 18.4. The number of nitrogens with one attached hydrogen (secondary N) is 1. The first-order valence-corrected chi connectivity index (χ1v) is 4.26. The number of hydrogen-bond acceptors (Lipinski definition) is 2. The van der Waals surface area contributed by atoms with Crippen LogP contribution < -0.4 is 5.32 Å². The van der Waals surface area contributed by atoms with E-state index in [1.54, 1.807) is 0 Å². The predicted octanol–water partition coefficient (Wildman–Crippen LogP) is 0.205. The molecule has 1 fully saturated rings. The molecule has 4 nitrogen and oxygen atoms in total. The quantitative estimate of drug-likeness (QED) is 0.624. The summed E-state index contributed by atoms with van der Waals surface area (Å²) >= 11 is 5.22. The summed E-state index contributed by atoms with van der Waals surface area (Å²) in [6.45, 7) is 0. The molecule has 0 aromatic heterocycles. The van der Waals surface area contributed by atoms with Gasteiger partial charge in [0.1, 0.15) is 11.9 Å². The molecule has 1 aliphatic carbocycles. The lowest BCUT2D eigenvalue weighted by Gasteiger charge is -2.11. The van der Waals surface area contributed by atoms with Crippen LogP contribution in [0.5, 0.6) is 0 Å². The van der Waals surface area contributed by atoms with Crippen molar-refractivity contribution in [2.45, 2.75) is 18.9 Å². The highest BCUT2D eigenvalue weighted by Gasteiger charge is 2.36. The number of carbonyl (C=O) groups excluding carboxylic acids is 1. The lowest BCUT2D eigenvalue weighted by atomic mass is 10.2. The molecule has 1 unspecified atom stereocenters. The van der Waals surface area contributed by atoms with E-state index in [2.05, 4.69) is 5.32 Å². The van der Waals surface area contributed by atoms with E-state index >= 15 is 0 Å². The molecule has 0 radical (unpaired) electrons. The second-order valence-electron chi connectivity index (χ2n) is 2.85. The average molecular weight is 192 g/mol. The van der Waals surface area contributed by atoms with Crippen LogP contribution in [0.4, 0.5) is 0 Å². The Labute approximate surface area is 74.9 Å². The third-order valence-electron chi connectivity index (χ3n) is 1.80. The summed E-state index contributed by atoms with van der Waals surface area (Å²) in [4.78, 5) is 21.3. The van der Waals surface area contributed by atoms with Crippen molar-refractivity contribution in [3.05, 3.63) is 0 Å². The monoisotopic (exact) mass is 191 g/mol. The number of amides is 1. The van der Waals surface area contributed by atoms with Crippen molar-refractivity contribution in [2.24, 2.45) is 5.92 Å². The Bertz CT molecular complexity index is 203. The number of hydrogen-bond donors (Lipinski definition) is 2. The highest BCUT2D eigenvalue weighted by molar-refractivity contribution is 6.27. The van der Waals surface area contributed by atoms with Crippen LogP contribution in [0.2, 0.25) is 0 Å². The standard InChI is InChI=1S/C7H10ClNO3/c8-3-5(10)9-6(7(11)12)4-1-2-4/h4,6H,1-3H2,(H,9,10)(H,11,12). The topological polar surface area (TPSA) is 66.4 Å². The molecule has 0 aromatic rings. The second kappa shape index (κ2) is 3.76. The largest absolute Gasteiger partial charge is 0.480 e. The Morgan fingerprint density at radius 2 is 2.17 bits per heavy atom. The van der Waals surface area contributed by atoms with Crippen molar-refractivity contribution in [1.29, 1.82) is 0 Å². The Hall–Kier alpha value is -0.770. The van der Waals surface area contributed by atoms with Crippen molar-refractivity contribution < 1.29 is 14.7 Å². The molecule has 1 rings (SSSR count). The first-order valence-electron chi connectivity index (χ1n) is 3.73. The summed E-state index contributed by atoms with van der Waals surface area (Å²) in [7, 11) is 0. The number of aliphatic carboxylic acids is 1. The molecule has 0 aromatic carbocycles. The van der Waals surface area contributed by atoms with Gasteiger partial charge in [-0.2, -0.15) is 0 Å². The Morgan fingerprint density at radius 1 is 1.58 bits per heavy atom. The maximum Gasteiger partial charge on any atom is 0.326 e. The number of alkyl halides is 1. The summed E-state index contributed by atoms with van der Waals surface area (Å²) in [6, 6.07) is -0.740. The van der Waals surface area contributed by atoms with Gasteiger partial charge in [-0.1, -0.05) is 0 Å². The second-order valence-corrected chi connectivity index (χ2v) is 3.12. The molecule has 12 heavy (non-hydrogen) atoms. The maximum atomic E-state index is 10.8. The highest BCUT2D eigenvalue weighted by atomic mass is 35.5. The van der Waals surface area contributed by atoms with E-state index in [0.29, 0.717) is 0 Å². The predicted molar refractivity (Wildman–Crippen MR) is 43.0 cm³/mol. The number of carbonyl (C=O) groups is 2. The summed E-state index contributed by atoms with van der Waals surface area (Å²) < 4.78 is 0. The van der Waals surface area contributed by atoms with E-state index < -0.39 is 17.9 Å². The zero-order valence-corrected chi connectivity index (χ0v) is 7.17. The van der Waals surface area contributed by atoms with Crippen molar-refractivity contribution in [2.75, 3.05) is 5.88 Å². The number of carboxylic acids is 1. The van der Waals surface area contributed by atoms with E-state index in [1.165, 1.54) is 0 Å². The van der Waals surface area contributed by atoms with Gasteiger partial charge in [-0.05, 0) is 18.8 Å².